The molecular formula is C13H18N2O2S. The summed E-state index contributed by atoms with van der Waals surface area (Å²) >= 11 is 0. The van der Waals surface area contributed by atoms with Gasteiger partial charge in [0.2, 0.25) is 10.0 Å². The number of hydrogen-bond donors (Lipinski definition) is 1. The molecule has 0 unspecified atom stereocenters. The van der Waals surface area contributed by atoms with Crippen LogP contribution >= 0.6 is 0 Å². The van der Waals surface area contributed by atoms with Gasteiger partial charge in [0, 0.05) is 13.6 Å². The molecule has 1 rings (SSSR count). The van der Waals surface area contributed by atoms with E-state index < -0.39 is 10.0 Å². The SMILES string of the molecule is C#CCN(C)S(=O)(=O)c1cc(CNC)ccc1C. The van der Waals surface area contributed by atoms with Crippen LogP contribution in [0.4, 0.5) is 0 Å². The fraction of sp³-hybridized carbons (Fsp3) is 0.385. The van der Waals surface area contributed by atoms with Crippen molar-refractivity contribution in [3.05, 3.63) is 29.3 Å². The minimum absolute atomic E-state index is 0.0675. The van der Waals surface area contributed by atoms with E-state index in [1.54, 1.807) is 13.0 Å². The van der Waals surface area contributed by atoms with E-state index in [0.717, 1.165) is 11.1 Å². The average Bonchev–Trinajstić information content (AvgIpc) is 2.32. The molecule has 1 aromatic carbocycles. The van der Waals surface area contributed by atoms with Gasteiger partial charge in [-0.25, -0.2) is 8.42 Å². The number of sulfonamides is 1. The average molecular weight is 266 g/mol. The van der Waals surface area contributed by atoms with E-state index >= 15 is 0 Å². The second-order valence-corrected chi connectivity index (χ2v) is 6.11. The number of hydrogen-bond acceptors (Lipinski definition) is 3. The smallest absolute Gasteiger partial charge is 0.243 e. The van der Waals surface area contributed by atoms with Crippen LogP contribution in [0.25, 0.3) is 0 Å². The van der Waals surface area contributed by atoms with Crippen molar-refractivity contribution in [2.24, 2.45) is 0 Å². The Balaban J connectivity index is 3.23. The Kier molecular flexibility index (Phi) is 4.91. The minimum Gasteiger partial charge on any atom is -0.316 e. The van der Waals surface area contributed by atoms with Crippen LogP contribution in [0, 0.1) is 19.3 Å². The van der Waals surface area contributed by atoms with Crippen molar-refractivity contribution in [3.8, 4) is 12.3 Å². The Morgan fingerprint density at radius 3 is 2.67 bits per heavy atom. The predicted molar refractivity (Wildman–Crippen MR) is 72.6 cm³/mol. The van der Waals surface area contributed by atoms with Crippen molar-refractivity contribution in [1.82, 2.24) is 9.62 Å². The van der Waals surface area contributed by atoms with Crippen molar-refractivity contribution in [3.63, 3.8) is 0 Å². The number of benzene rings is 1. The van der Waals surface area contributed by atoms with E-state index in [1.807, 2.05) is 19.2 Å². The molecule has 0 bridgehead atoms. The highest BCUT2D eigenvalue weighted by Gasteiger charge is 2.22. The fourth-order valence-electron chi connectivity index (χ4n) is 1.62. The van der Waals surface area contributed by atoms with Gasteiger partial charge < -0.3 is 5.32 Å². The molecule has 0 saturated heterocycles. The summed E-state index contributed by atoms with van der Waals surface area (Å²) in [5, 5.41) is 3.00. The minimum atomic E-state index is -3.51. The van der Waals surface area contributed by atoms with Crippen LogP contribution in [0.1, 0.15) is 11.1 Å². The molecule has 98 valence electrons. The molecule has 1 N–H and O–H groups in total. The van der Waals surface area contributed by atoms with E-state index in [0.29, 0.717) is 11.4 Å². The lowest BCUT2D eigenvalue weighted by atomic mass is 10.1. The standard InChI is InChI=1S/C13H18N2O2S/c1-5-8-15(4)18(16,17)13-9-12(10-14-3)7-6-11(13)2/h1,6-7,9,14H,8,10H2,2-4H3. The Labute approximate surface area is 109 Å². The van der Waals surface area contributed by atoms with Gasteiger partial charge in [0.05, 0.1) is 11.4 Å². The molecule has 0 aliphatic rings. The zero-order chi connectivity index (χ0) is 13.8. The maximum atomic E-state index is 12.3. The molecule has 4 nitrogen and oxygen atoms in total. The maximum absolute atomic E-state index is 12.3. The van der Waals surface area contributed by atoms with Crippen molar-refractivity contribution < 1.29 is 8.42 Å². The number of aryl methyl sites for hydroxylation is 1. The second kappa shape index (κ2) is 6.01. The topological polar surface area (TPSA) is 49.4 Å². The maximum Gasteiger partial charge on any atom is 0.243 e. The molecule has 0 radical (unpaired) electrons. The van der Waals surface area contributed by atoms with Gasteiger partial charge in [0.1, 0.15) is 0 Å². The van der Waals surface area contributed by atoms with Crippen molar-refractivity contribution in [1.29, 1.82) is 0 Å². The Bertz CT molecular complexity index is 559. The lowest BCUT2D eigenvalue weighted by Gasteiger charge is -2.16. The summed E-state index contributed by atoms with van der Waals surface area (Å²) in [4.78, 5) is 0.313. The van der Waals surface area contributed by atoms with Crippen LogP contribution in [0.3, 0.4) is 0 Å². The van der Waals surface area contributed by atoms with Crippen molar-refractivity contribution in [2.45, 2.75) is 18.4 Å². The van der Waals surface area contributed by atoms with Gasteiger partial charge in [-0.1, -0.05) is 18.1 Å². The van der Waals surface area contributed by atoms with Crippen molar-refractivity contribution >= 4 is 10.0 Å². The number of rotatable bonds is 5. The van der Waals surface area contributed by atoms with Gasteiger partial charge >= 0.3 is 0 Å². The molecule has 0 spiro atoms. The van der Waals surface area contributed by atoms with Crippen LogP contribution in [0.15, 0.2) is 23.1 Å². The fourth-order valence-corrected chi connectivity index (χ4v) is 2.97. The van der Waals surface area contributed by atoms with Crippen molar-refractivity contribution in [2.75, 3.05) is 20.6 Å². The Morgan fingerprint density at radius 2 is 2.11 bits per heavy atom. The molecule has 0 fully saturated rings. The van der Waals surface area contributed by atoms with Gasteiger partial charge in [-0.05, 0) is 31.2 Å². The summed E-state index contributed by atoms with van der Waals surface area (Å²) < 4.78 is 25.8. The Morgan fingerprint density at radius 1 is 1.44 bits per heavy atom. The predicted octanol–water partition coefficient (Wildman–Crippen LogP) is 0.968. The van der Waals surface area contributed by atoms with E-state index in [-0.39, 0.29) is 6.54 Å². The van der Waals surface area contributed by atoms with Gasteiger partial charge in [0.15, 0.2) is 0 Å². The van der Waals surface area contributed by atoms with Gasteiger partial charge in [0.25, 0.3) is 0 Å². The monoisotopic (exact) mass is 266 g/mol. The summed E-state index contributed by atoms with van der Waals surface area (Å²) in [6.07, 6.45) is 5.15. The number of terminal acetylenes is 1. The van der Waals surface area contributed by atoms with Crippen LogP contribution < -0.4 is 5.32 Å². The lowest BCUT2D eigenvalue weighted by molar-refractivity contribution is 0.502. The summed E-state index contributed by atoms with van der Waals surface area (Å²) in [6, 6.07) is 5.41. The molecule has 5 heteroatoms. The third kappa shape index (κ3) is 3.10. The summed E-state index contributed by atoms with van der Waals surface area (Å²) in [7, 11) is -0.206. The number of nitrogens with zero attached hydrogens (tertiary/aromatic N) is 1. The first-order chi connectivity index (χ1) is 8.43. The first-order valence-electron chi connectivity index (χ1n) is 5.57. The molecule has 0 saturated carbocycles. The highest BCUT2D eigenvalue weighted by atomic mass is 32.2. The second-order valence-electron chi connectivity index (χ2n) is 4.10. The van der Waals surface area contributed by atoms with Crippen LogP contribution in [0.5, 0.6) is 0 Å². The molecule has 0 amide bonds. The molecule has 1 aromatic rings. The van der Waals surface area contributed by atoms with E-state index in [2.05, 4.69) is 11.2 Å². The summed E-state index contributed by atoms with van der Waals surface area (Å²) in [5.41, 5.74) is 1.65. The van der Waals surface area contributed by atoms with E-state index in [9.17, 15) is 8.42 Å². The highest BCUT2D eigenvalue weighted by Crippen LogP contribution is 2.20. The molecule has 18 heavy (non-hydrogen) atoms. The molecule has 0 aliphatic heterocycles. The third-order valence-corrected chi connectivity index (χ3v) is 4.58. The number of nitrogens with one attached hydrogen (secondary N) is 1. The van der Waals surface area contributed by atoms with Crippen LogP contribution in [-0.4, -0.2) is 33.4 Å². The van der Waals surface area contributed by atoms with E-state index in [1.165, 1.54) is 11.4 Å². The third-order valence-electron chi connectivity index (χ3n) is 2.64. The quantitative estimate of drug-likeness (QED) is 0.808. The molecule has 0 aliphatic carbocycles. The van der Waals surface area contributed by atoms with Gasteiger partial charge in [-0.3, -0.25) is 0 Å². The van der Waals surface area contributed by atoms with Crippen LogP contribution in [-0.2, 0) is 16.6 Å². The molecule has 0 heterocycles. The molecule has 0 aromatic heterocycles. The van der Waals surface area contributed by atoms with Crippen LogP contribution in [0.2, 0.25) is 0 Å². The normalized spacial score (nSPS) is 11.5. The van der Waals surface area contributed by atoms with Gasteiger partial charge in [-0.2, -0.15) is 4.31 Å². The summed E-state index contributed by atoms with van der Waals surface area (Å²) in [5.74, 6) is 2.34. The molecular weight excluding hydrogens is 248 g/mol. The lowest BCUT2D eigenvalue weighted by Crippen LogP contribution is -2.28. The first kappa shape index (κ1) is 14.7. The van der Waals surface area contributed by atoms with Gasteiger partial charge in [-0.15, -0.1) is 6.42 Å². The highest BCUT2D eigenvalue weighted by molar-refractivity contribution is 7.89. The zero-order valence-corrected chi connectivity index (χ0v) is 11.7. The summed E-state index contributed by atoms with van der Waals surface area (Å²) in [6.45, 7) is 2.47. The zero-order valence-electron chi connectivity index (χ0n) is 10.9. The molecule has 0 atom stereocenters. The Hall–Kier alpha value is -1.35. The largest absolute Gasteiger partial charge is 0.316 e. The van der Waals surface area contributed by atoms with E-state index in [4.69, 9.17) is 6.42 Å². The first-order valence-corrected chi connectivity index (χ1v) is 7.01.